The summed E-state index contributed by atoms with van der Waals surface area (Å²) in [6, 6.07) is 3.45. The molecule has 1 atom stereocenters. The summed E-state index contributed by atoms with van der Waals surface area (Å²) in [6.45, 7) is 3.78. The molecule has 0 aliphatic heterocycles. The zero-order chi connectivity index (χ0) is 19.0. The van der Waals surface area contributed by atoms with Gasteiger partial charge in [0.25, 0.3) is 5.91 Å². The molecule has 2 amide bonds. The third kappa shape index (κ3) is 7.39. The molecule has 1 rings (SSSR count). The van der Waals surface area contributed by atoms with E-state index in [0.717, 1.165) is 6.07 Å². The highest BCUT2D eigenvalue weighted by Gasteiger charge is 2.29. The summed E-state index contributed by atoms with van der Waals surface area (Å²) in [5.41, 5.74) is 5.63. The van der Waals surface area contributed by atoms with E-state index in [1.807, 2.05) is 19.2 Å². The fraction of sp³-hybridized carbons (Fsp3) is 0.529. The van der Waals surface area contributed by atoms with E-state index in [1.54, 1.807) is 0 Å². The van der Waals surface area contributed by atoms with Gasteiger partial charge < -0.3 is 5.73 Å². The Morgan fingerprint density at radius 2 is 1.77 bits per heavy atom. The van der Waals surface area contributed by atoms with Crippen molar-refractivity contribution in [2.45, 2.75) is 50.8 Å². The van der Waals surface area contributed by atoms with Crippen molar-refractivity contribution >= 4 is 34.1 Å². The van der Waals surface area contributed by atoms with Crippen LogP contribution in [0.2, 0.25) is 0 Å². The number of imide groups is 1. The van der Waals surface area contributed by atoms with E-state index in [9.17, 15) is 22.4 Å². The summed E-state index contributed by atoms with van der Waals surface area (Å²) in [4.78, 5) is 23.9. The maximum absolute atomic E-state index is 13.1. The van der Waals surface area contributed by atoms with Crippen molar-refractivity contribution in [2.24, 2.45) is 5.73 Å². The van der Waals surface area contributed by atoms with Crippen LogP contribution in [0.5, 0.6) is 0 Å². The normalized spacial score (nSPS) is 12.3. The van der Waals surface area contributed by atoms with Crippen molar-refractivity contribution < 1.29 is 22.4 Å². The van der Waals surface area contributed by atoms with E-state index < -0.39 is 44.5 Å². The number of nitrogens with one attached hydrogen (secondary N) is 1. The van der Waals surface area contributed by atoms with Crippen molar-refractivity contribution in [1.29, 1.82) is 0 Å². The number of benzene rings is 1. The lowest BCUT2D eigenvalue weighted by Crippen LogP contribution is -2.48. The van der Waals surface area contributed by atoms with Crippen molar-refractivity contribution in [3.8, 4) is 0 Å². The highest BCUT2D eigenvalue weighted by molar-refractivity contribution is 7.92. The molecule has 3 N–H and O–H groups in total. The minimum Gasteiger partial charge on any atom is -0.319 e. The zero-order valence-electron chi connectivity index (χ0n) is 14.9. The molecular formula is C17H26ClFN2O4S. The van der Waals surface area contributed by atoms with E-state index in [2.05, 4.69) is 0 Å². The third-order valence-electron chi connectivity index (χ3n) is 3.80. The van der Waals surface area contributed by atoms with Crippen LogP contribution in [0.3, 0.4) is 0 Å². The number of halogens is 2. The summed E-state index contributed by atoms with van der Waals surface area (Å²) >= 11 is 0. The molecule has 0 bridgehead atoms. The monoisotopic (exact) mass is 408 g/mol. The van der Waals surface area contributed by atoms with Gasteiger partial charge in [-0.2, -0.15) is 0 Å². The van der Waals surface area contributed by atoms with Crippen LogP contribution in [0.25, 0.3) is 0 Å². The molecule has 6 nitrogen and oxygen atoms in total. The van der Waals surface area contributed by atoms with Crippen LogP contribution in [0, 0.1) is 5.82 Å². The minimum absolute atomic E-state index is 0. The second-order valence-electron chi connectivity index (χ2n) is 5.96. The van der Waals surface area contributed by atoms with Gasteiger partial charge in [-0.25, -0.2) is 12.8 Å². The Morgan fingerprint density at radius 3 is 2.27 bits per heavy atom. The molecule has 0 radical (unpaired) electrons. The van der Waals surface area contributed by atoms with E-state index in [1.165, 1.54) is 18.2 Å². The molecule has 0 heterocycles. The molecule has 9 heteroatoms. The van der Waals surface area contributed by atoms with Crippen molar-refractivity contribution in [3.63, 3.8) is 0 Å². The number of sulfone groups is 1. The lowest BCUT2D eigenvalue weighted by atomic mass is 10.2. The number of hydrogen-bond acceptors (Lipinski definition) is 5. The highest BCUT2D eigenvalue weighted by Crippen LogP contribution is 2.16. The number of hydrogen-bond donors (Lipinski definition) is 2. The predicted octanol–water partition coefficient (Wildman–Crippen LogP) is 2.21. The van der Waals surface area contributed by atoms with E-state index in [-0.39, 0.29) is 18.0 Å². The number of carbonyl (C=O) groups excluding carboxylic acids is 2. The van der Waals surface area contributed by atoms with Gasteiger partial charge in [-0.05, 0) is 31.0 Å². The van der Waals surface area contributed by atoms with Crippen LogP contribution in [0.4, 0.5) is 4.39 Å². The number of rotatable bonds is 9. The van der Waals surface area contributed by atoms with E-state index >= 15 is 0 Å². The summed E-state index contributed by atoms with van der Waals surface area (Å²) in [5.74, 6) is -2.87. The average molecular weight is 409 g/mol. The maximum atomic E-state index is 13.1. The van der Waals surface area contributed by atoms with Gasteiger partial charge in [0.05, 0.1) is 17.0 Å². The summed E-state index contributed by atoms with van der Waals surface area (Å²) in [7, 11) is -3.56. The first-order valence-corrected chi connectivity index (χ1v) is 10.0. The Bertz CT molecular complexity index is 706. The van der Waals surface area contributed by atoms with Crippen LogP contribution in [-0.4, -0.2) is 37.3 Å². The van der Waals surface area contributed by atoms with Crippen LogP contribution in [0.15, 0.2) is 24.3 Å². The number of nitrogens with two attached hydrogens (primary N) is 1. The summed E-state index contributed by atoms with van der Waals surface area (Å²) in [6.07, 6.45) is 2.44. The van der Waals surface area contributed by atoms with Gasteiger partial charge in [0.1, 0.15) is 5.82 Å². The van der Waals surface area contributed by atoms with Gasteiger partial charge in [0.15, 0.2) is 9.84 Å². The van der Waals surface area contributed by atoms with E-state index in [4.69, 9.17) is 5.73 Å². The van der Waals surface area contributed by atoms with Crippen molar-refractivity contribution in [2.75, 3.05) is 5.75 Å². The molecule has 0 saturated heterocycles. The topological polar surface area (TPSA) is 106 Å². The van der Waals surface area contributed by atoms with Crippen LogP contribution < -0.4 is 11.1 Å². The molecule has 0 aromatic heterocycles. The zero-order valence-corrected chi connectivity index (χ0v) is 16.5. The lowest BCUT2D eigenvalue weighted by molar-refractivity contribution is -0.120. The molecule has 1 aromatic carbocycles. The molecule has 0 aliphatic carbocycles. The quantitative estimate of drug-likeness (QED) is 0.651. The highest BCUT2D eigenvalue weighted by atomic mass is 35.5. The van der Waals surface area contributed by atoms with Gasteiger partial charge in [-0.1, -0.05) is 32.8 Å². The standard InChI is InChI=1S/C17H25FN2O4S.ClH/c1-3-6-14(7-4-2)25(23,24)11-15(19)17(22)20-16(21)12-8-5-9-13(18)10-12;/h5,8-10,14-15H,3-4,6-7,11,19H2,1-2H3,(H,20,21,22);1H/t15-;/m1./s1. The number of amides is 2. The molecule has 26 heavy (non-hydrogen) atoms. The van der Waals surface area contributed by atoms with Gasteiger partial charge >= 0.3 is 0 Å². The van der Waals surface area contributed by atoms with Crippen LogP contribution >= 0.6 is 12.4 Å². The predicted molar refractivity (Wildman–Crippen MR) is 101 cm³/mol. The Morgan fingerprint density at radius 1 is 1.19 bits per heavy atom. The Labute approximate surface area is 160 Å². The third-order valence-corrected chi connectivity index (χ3v) is 6.11. The van der Waals surface area contributed by atoms with Gasteiger partial charge in [0, 0.05) is 5.56 Å². The van der Waals surface area contributed by atoms with Gasteiger partial charge in [0.2, 0.25) is 5.91 Å². The average Bonchev–Trinajstić information content (AvgIpc) is 2.54. The minimum atomic E-state index is -3.56. The molecule has 0 unspecified atom stereocenters. The lowest BCUT2D eigenvalue weighted by Gasteiger charge is -2.19. The Kier molecular flexibility index (Phi) is 10.6. The Hall–Kier alpha value is -1.51. The van der Waals surface area contributed by atoms with Crippen molar-refractivity contribution in [3.05, 3.63) is 35.6 Å². The second-order valence-corrected chi connectivity index (χ2v) is 8.29. The largest absolute Gasteiger partial charge is 0.319 e. The van der Waals surface area contributed by atoms with Crippen molar-refractivity contribution in [1.82, 2.24) is 5.32 Å². The molecule has 1 aromatic rings. The first-order valence-electron chi connectivity index (χ1n) is 8.29. The molecule has 0 saturated carbocycles. The molecular weight excluding hydrogens is 383 g/mol. The fourth-order valence-corrected chi connectivity index (χ4v) is 4.63. The maximum Gasteiger partial charge on any atom is 0.257 e. The SMILES string of the molecule is CCCC(CCC)S(=O)(=O)C[C@@H](N)C(=O)NC(=O)c1cccc(F)c1.Cl. The van der Waals surface area contributed by atoms with Gasteiger partial charge in [-0.15, -0.1) is 12.4 Å². The smallest absolute Gasteiger partial charge is 0.257 e. The summed E-state index contributed by atoms with van der Waals surface area (Å²) < 4.78 is 38.0. The summed E-state index contributed by atoms with van der Waals surface area (Å²) in [5, 5.41) is 1.47. The molecule has 148 valence electrons. The first kappa shape index (κ1) is 24.5. The van der Waals surface area contributed by atoms with Crippen LogP contribution in [0.1, 0.15) is 49.9 Å². The first-order chi connectivity index (χ1) is 11.7. The fourth-order valence-electron chi connectivity index (χ4n) is 2.52. The number of carbonyl (C=O) groups is 2. The second kappa shape index (κ2) is 11.3. The van der Waals surface area contributed by atoms with Gasteiger partial charge in [-0.3, -0.25) is 14.9 Å². The molecule has 0 fully saturated rings. The Balaban J connectivity index is 0.00000625. The molecule has 0 spiro atoms. The van der Waals surface area contributed by atoms with E-state index in [0.29, 0.717) is 25.7 Å². The van der Waals surface area contributed by atoms with Crippen LogP contribution in [-0.2, 0) is 14.6 Å². The molecule has 0 aliphatic rings.